The Morgan fingerprint density at radius 3 is 2.82 bits per heavy atom. The number of hydrogen-bond acceptors (Lipinski definition) is 3. The summed E-state index contributed by atoms with van der Waals surface area (Å²) in [6.07, 6.45) is 2.23. The Labute approximate surface area is 97.7 Å². The molecule has 1 aliphatic rings. The third kappa shape index (κ3) is 1.28. The fourth-order valence-corrected chi connectivity index (χ4v) is 2.30. The number of methoxy groups -OCH3 is 2. The van der Waals surface area contributed by atoms with Gasteiger partial charge in [0.1, 0.15) is 0 Å². The highest BCUT2D eigenvalue weighted by Gasteiger charge is 2.23. The molecule has 1 amide bonds. The summed E-state index contributed by atoms with van der Waals surface area (Å²) in [5.41, 5.74) is 2.61. The van der Waals surface area contributed by atoms with Crippen molar-refractivity contribution >= 4 is 22.5 Å². The average Bonchev–Trinajstić information content (AvgIpc) is 2.73. The maximum absolute atomic E-state index is 11.5. The predicted molar refractivity (Wildman–Crippen MR) is 63.7 cm³/mol. The minimum atomic E-state index is -0.00869. The molecule has 0 saturated carbocycles. The number of rotatable bonds is 2. The highest BCUT2D eigenvalue weighted by atomic mass is 16.5. The molecule has 2 aromatic rings. The zero-order valence-electron chi connectivity index (χ0n) is 9.59. The van der Waals surface area contributed by atoms with E-state index in [9.17, 15) is 4.79 Å². The van der Waals surface area contributed by atoms with Crippen LogP contribution in [0.3, 0.4) is 0 Å². The molecule has 0 bridgehead atoms. The Morgan fingerprint density at radius 1 is 1.29 bits per heavy atom. The van der Waals surface area contributed by atoms with Gasteiger partial charge < -0.3 is 19.8 Å². The van der Waals surface area contributed by atoms with Gasteiger partial charge in [-0.25, -0.2) is 0 Å². The van der Waals surface area contributed by atoms with Gasteiger partial charge in [-0.1, -0.05) is 0 Å². The van der Waals surface area contributed by atoms with Crippen molar-refractivity contribution in [3.8, 4) is 11.5 Å². The minimum Gasteiger partial charge on any atom is -0.493 e. The molecule has 1 aromatic carbocycles. The van der Waals surface area contributed by atoms with Crippen LogP contribution >= 0.6 is 0 Å². The topological polar surface area (TPSA) is 63.4 Å². The first-order valence-corrected chi connectivity index (χ1v) is 5.29. The van der Waals surface area contributed by atoms with Crippen LogP contribution in [0.25, 0.3) is 10.9 Å². The fourth-order valence-electron chi connectivity index (χ4n) is 2.30. The smallest absolute Gasteiger partial charge is 0.228 e. The highest BCUT2D eigenvalue weighted by molar-refractivity contribution is 6.11. The van der Waals surface area contributed by atoms with E-state index in [-0.39, 0.29) is 5.91 Å². The molecule has 3 rings (SSSR count). The number of amides is 1. The molecule has 5 heteroatoms. The van der Waals surface area contributed by atoms with Crippen LogP contribution in [0.4, 0.5) is 5.69 Å². The first-order chi connectivity index (χ1) is 8.24. The summed E-state index contributed by atoms with van der Waals surface area (Å²) in [6, 6.07) is 1.79. The number of ether oxygens (including phenoxy) is 2. The fraction of sp³-hybridized carbons (Fsp3) is 0.250. The van der Waals surface area contributed by atoms with Crippen molar-refractivity contribution in [1.29, 1.82) is 0 Å². The Balaban J connectivity index is 2.38. The summed E-state index contributed by atoms with van der Waals surface area (Å²) in [6.45, 7) is 0. The summed E-state index contributed by atoms with van der Waals surface area (Å²) in [5, 5.41) is 3.84. The van der Waals surface area contributed by atoms with Gasteiger partial charge in [-0.15, -0.1) is 0 Å². The molecule has 0 fully saturated rings. The molecule has 1 aromatic heterocycles. The normalized spacial score (nSPS) is 13.6. The van der Waals surface area contributed by atoms with Gasteiger partial charge in [0.25, 0.3) is 0 Å². The second kappa shape index (κ2) is 3.41. The Bertz CT molecular complexity index is 616. The molecule has 0 spiro atoms. The van der Waals surface area contributed by atoms with Crippen LogP contribution in [0.1, 0.15) is 5.56 Å². The van der Waals surface area contributed by atoms with Gasteiger partial charge in [0, 0.05) is 17.6 Å². The first-order valence-electron chi connectivity index (χ1n) is 5.29. The largest absolute Gasteiger partial charge is 0.493 e. The number of benzene rings is 1. The van der Waals surface area contributed by atoms with Gasteiger partial charge in [-0.3, -0.25) is 4.79 Å². The third-order valence-corrected chi connectivity index (χ3v) is 3.01. The van der Waals surface area contributed by atoms with Crippen molar-refractivity contribution in [3.63, 3.8) is 0 Å². The number of carbonyl (C=O) groups excluding carboxylic acids is 1. The molecule has 17 heavy (non-hydrogen) atoms. The quantitative estimate of drug-likeness (QED) is 0.828. The minimum absolute atomic E-state index is 0.00869. The lowest BCUT2D eigenvalue weighted by molar-refractivity contribution is -0.115. The van der Waals surface area contributed by atoms with Crippen LogP contribution in [0.15, 0.2) is 12.3 Å². The van der Waals surface area contributed by atoms with Crippen LogP contribution in [-0.2, 0) is 11.2 Å². The molecule has 0 radical (unpaired) electrons. The summed E-state index contributed by atoms with van der Waals surface area (Å²) in [5.74, 6) is 1.25. The molecular formula is C12H12N2O3. The summed E-state index contributed by atoms with van der Waals surface area (Å²) >= 11 is 0. The number of H-pyrrole nitrogens is 1. The van der Waals surface area contributed by atoms with Gasteiger partial charge in [-0.2, -0.15) is 0 Å². The van der Waals surface area contributed by atoms with E-state index in [4.69, 9.17) is 9.47 Å². The van der Waals surface area contributed by atoms with Gasteiger partial charge in [0.05, 0.1) is 31.8 Å². The lowest BCUT2D eigenvalue weighted by Gasteiger charge is -2.17. The van der Waals surface area contributed by atoms with Crippen LogP contribution in [0.2, 0.25) is 0 Å². The first kappa shape index (κ1) is 10.0. The summed E-state index contributed by atoms with van der Waals surface area (Å²) < 4.78 is 10.6. The number of aromatic amines is 1. The van der Waals surface area contributed by atoms with E-state index >= 15 is 0 Å². The standard InChI is InChI=1S/C12H12N2O3/c1-16-8-4-7-10-6(3-9(15)14-7)5-13-11(10)12(8)17-2/h4-5,13H,3H2,1-2H3,(H,14,15). The van der Waals surface area contributed by atoms with Crippen LogP contribution in [0.5, 0.6) is 11.5 Å². The number of anilines is 1. The molecule has 0 saturated heterocycles. The zero-order valence-corrected chi connectivity index (χ0v) is 9.59. The number of carbonyl (C=O) groups is 1. The lowest BCUT2D eigenvalue weighted by atomic mass is 10.0. The van der Waals surface area contributed by atoms with Crippen molar-refractivity contribution in [2.45, 2.75) is 6.42 Å². The third-order valence-electron chi connectivity index (χ3n) is 3.01. The average molecular weight is 232 g/mol. The molecule has 0 unspecified atom stereocenters. The maximum Gasteiger partial charge on any atom is 0.228 e. The van der Waals surface area contributed by atoms with Gasteiger partial charge in [0.15, 0.2) is 11.5 Å². The molecule has 2 heterocycles. The number of nitrogens with one attached hydrogen (secondary N) is 2. The Kier molecular flexibility index (Phi) is 2.01. The maximum atomic E-state index is 11.5. The monoisotopic (exact) mass is 232 g/mol. The van der Waals surface area contributed by atoms with Crippen molar-refractivity contribution in [1.82, 2.24) is 4.98 Å². The molecule has 88 valence electrons. The number of aromatic nitrogens is 1. The molecule has 1 aliphatic heterocycles. The van der Waals surface area contributed by atoms with Gasteiger partial charge in [-0.05, 0) is 5.56 Å². The second-order valence-corrected chi connectivity index (χ2v) is 3.95. The molecule has 0 atom stereocenters. The van der Waals surface area contributed by atoms with Crippen LogP contribution in [0, 0.1) is 0 Å². The second-order valence-electron chi connectivity index (χ2n) is 3.95. The van der Waals surface area contributed by atoms with Crippen molar-refractivity contribution < 1.29 is 14.3 Å². The van der Waals surface area contributed by atoms with E-state index in [1.807, 2.05) is 6.20 Å². The SMILES string of the molecule is COc1cc2c3c(c[nH]c3c1OC)CC(=O)N2. The van der Waals surface area contributed by atoms with Crippen molar-refractivity contribution in [3.05, 3.63) is 17.8 Å². The summed E-state index contributed by atoms with van der Waals surface area (Å²) in [4.78, 5) is 14.7. The molecule has 0 aliphatic carbocycles. The Morgan fingerprint density at radius 2 is 2.12 bits per heavy atom. The molecule has 2 N–H and O–H groups in total. The van der Waals surface area contributed by atoms with E-state index < -0.39 is 0 Å². The highest BCUT2D eigenvalue weighted by Crippen LogP contribution is 2.42. The number of hydrogen-bond donors (Lipinski definition) is 2. The lowest BCUT2D eigenvalue weighted by Crippen LogP contribution is -2.18. The van der Waals surface area contributed by atoms with Crippen LogP contribution in [-0.4, -0.2) is 25.1 Å². The van der Waals surface area contributed by atoms with E-state index in [0.29, 0.717) is 17.9 Å². The van der Waals surface area contributed by atoms with Crippen molar-refractivity contribution in [2.24, 2.45) is 0 Å². The zero-order chi connectivity index (χ0) is 12.0. The van der Waals surface area contributed by atoms with E-state index in [1.54, 1.807) is 20.3 Å². The van der Waals surface area contributed by atoms with E-state index in [2.05, 4.69) is 10.3 Å². The van der Waals surface area contributed by atoms with Crippen molar-refractivity contribution in [2.75, 3.05) is 19.5 Å². The predicted octanol–water partition coefficient (Wildman–Crippen LogP) is 1.68. The van der Waals surface area contributed by atoms with Gasteiger partial charge >= 0.3 is 0 Å². The molecular weight excluding hydrogens is 220 g/mol. The molecule has 5 nitrogen and oxygen atoms in total. The van der Waals surface area contributed by atoms with E-state index in [0.717, 1.165) is 22.2 Å². The van der Waals surface area contributed by atoms with Gasteiger partial charge in [0.2, 0.25) is 5.91 Å². The summed E-state index contributed by atoms with van der Waals surface area (Å²) in [7, 11) is 3.17. The van der Waals surface area contributed by atoms with E-state index in [1.165, 1.54) is 0 Å². The van der Waals surface area contributed by atoms with Crippen LogP contribution < -0.4 is 14.8 Å². The Hall–Kier alpha value is -2.17.